The van der Waals surface area contributed by atoms with E-state index in [0.717, 1.165) is 11.6 Å². The summed E-state index contributed by atoms with van der Waals surface area (Å²) in [6.07, 6.45) is -2.92. The van der Waals surface area contributed by atoms with Crippen molar-refractivity contribution in [1.29, 1.82) is 0 Å². The number of aliphatic hydroxyl groups excluding tert-OH is 2. The van der Waals surface area contributed by atoms with Crippen LogP contribution in [0.1, 0.15) is 23.7 Å². The Bertz CT molecular complexity index is 678. The number of ether oxygens (including phenoxy) is 1. The molecule has 0 heterocycles. The Morgan fingerprint density at radius 3 is 2.60 bits per heavy atom. The van der Waals surface area contributed by atoms with Crippen LogP contribution in [0.5, 0.6) is 0 Å². The number of hydrogen-bond acceptors (Lipinski definition) is 4. The normalized spacial score (nSPS) is 13.1. The first-order chi connectivity index (χ1) is 12.0. The molecule has 0 aliphatic rings. The summed E-state index contributed by atoms with van der Waals surface area (Å²) in [5.41, 5.74) is 1.12. The Balaban J connectivity index is 1.73. The van der Waals surface area contributed by atoms with Crippen molar-refractivity contribution >= 4 is 22.0 Å². The van der Waals surface area contributed by atoms with Crippen LogP contribution in [0.3, 0.4) is 0 Å². The van der Waals surface area contributed by atoms with E-state index in [2.05, 4.69) is 21.2 Å². The molecule has 7 heteroatoms. The second-order valence-corrected chi connectivity index (χ2v) is 6.41. The lowest BCUT2D eigenvalue weighted by Gasteiger charge is -2.18. The van der Waals surface area contributed by atoms with Gasteiger partial charge < -0.3 is 20.3 Å². The quantitative estimate of drug-likeness (QED) is 0.652. The number of alkyl carbamates (subject to hydrolysis) is 1. The van der Waals surface area contributed by atoms with E-state index in [4.69, 9.17) is 4.74 Å². The molecule has 5 nitrogen and oxygen atoms in total. The maximum absolute atomic E-state index is 13.3. The molecular weight excluding hydrogens is 393 g/mol. The number of carbonyl (C=O) groups is 1. The molecule has 0 aliphatic carbocycles. The molecule has 0 saturated carbocycles. The lowest BCUT2D eigenvalue weighted by Crippen LogP contribution is -2.29. The molecule has 2 aromatic carbocycles. The van der Waals surface area contributed by atoms with E-state index in [1.165, 1.54) is 12.1 Å². The number of hydrogen-bond donors (Lipinski definition) is 3. The lowest BCUT2D eigenvalue weighted by atomic mass is 10.0. The molecular formula is C18H19BrFNO4. The van der Waals surface area contributed by atoms with Gasteiger partial charge in [-0.15, -0.1) is 0 Å². The molecule has 25 heavy (non-hydrogen) atoms. The maximum atomic E-state index is 13.3. The van der Waals surface area contributed by atoms with Crippen molar-refractivity contribution < 1.29 is 24.1 Å². The Morgan fingerprint density at radius 2 is 1.92 bits per heavy atom. The van der Waals surface area contributed by atoms with E-state index in [1.807, 2.05) is 30.3 Å². The van der Waals surface area contributed by atoms with Gasteiger partial charge in [0.25, 0.3) is 0 Å². The monoisotopic (exact) mass is 411 g/mol. The van der Waals surface area contributed by atoms with Gasteiger partial charge in [0.05, 0.1) is 6.10 Å². The molecule has 0 fully saturated rings. The van der Waals surface area contributed by atoms with Crippen LogP contribution in [0, 0.1) is 5.82 Å². The topological polar surface area (TPSA) is 78.8 Å². The molecule has 2 aromatic rings. The Labute approximate surface area is 153 Å². The molecule has 2 unspecified atom stereocenters. The minimum Gasteiger partial charge on any atom is -0.445 e. The van der Waals surface area contributed by atoms with Crippen molar-refractivity contribution in [1.82, 2.24) is 5.32 Å². The second kappa shape index (κ2) is 9.50. The third-order valence-corrected chi connectivity index (χ3v) is 3.97. The predicted octanol–water partition coefficient (Wildman–Crippen LogP) is 3.30. The minimum atomic E-state index is -1.26. The number of benzene rings is 2. The van der Waals surface area contributed by atoms with Crippen molar-refractivity contribution in [3.05, 3.63) is 69.9 Å². The number of aliphatic hydroxyl groups is 2. The summed E-state index contributed by atoms with van der Waals surface area (Å²) in [7, 11) is 0. The van der Waals surface area contributed by atoms with Crippen molar-refractivity contribution in [2.24, 2.45) is 0 Å². The summed E-state index contributed by atoms with van der Waals surface area (Å²) in [6.45, 7) is 0.261. The van der Waals surface area contributed by atoms with Crippen molar-refractivity contribution in [3.63, 3.8) is 0 Å². The zero-order valence-corrected chi connectivity index (χ0v) is 14.9. The van der Waals surface area contributed by atoms with Crippen LogP contribution in [0.25, 0.3) is 0 Å². The van der Waals surface area contributed by atoms with Crippen LogP contribution in [0.4, 0.5) is 9.18 Å². The average molecular weight is 412 g/mol. The third kappa shape index (κ3) is 6.45. The Hall–Kier alpha value is -1.96. The smallest absolute Gasteiger partial charge is 0.407 e. The second-order valence-electron chi connectivity index (χ2n) is 5.49. The fourth-order valence-corrected chi connectivity index (χ4v) is 2.71. The number of rotatable bonds is 7. The van der Waals surface area contributed by atoms with Crippen LogP contribution < -0.4 is 5.32 Å². The van der Waals surface area contributed by atoms with Gasteiger partial charge in [-0.2, -0.15) is 0 Å². The van der Waals surface area contributed by atoms with Gasteiger partial charge in [0.15, 0.2) is 0 Å². The van der Waals surface area contributed by atoms with Crippen molar-refractivity contribution in [2.75, 3.05) is 6.54 Å². The zero-order chi connectivity index (χ0) is 18.2. The van der Waals surface area contributed by atoms with Crippen molar-refractivity contribution in [2.45, 2.75) is 25.2 Å². The first kappa shape index (κ1) is 19.4. The first-order valence-corrected chi connectivity index (χ1v) is 8.51. The van der Waals surface area contributed by atoms with Crippen LogP contribution in [-0.4, -0.2) is 29.0 Å². The fraction of sp³-hybridized carbons (Fsp3) is 0.278. The third-order valence-electron chi connectivity index (χ3n) is 3.51. The number of carbonyl (C=O) groups excluding carboxylic acids is 1. The predicted molar refractivity (Wildman–Crippen MR) is 94.3 cm³/mol. The first-order valence-electron chi connectivity index (χ1n) is 7.72. The molecule has 2 atom stereocenters. The minimum absolute atomic E-state index is 0.0930. The summed E-state index contributed by atoms with van der Waals surface area (Å²) >= 11 is 3.13. The standard InChI is InChI=1S/C18H19BrFNO4/c19-14-8-13(9-15(20)10-14)17(23)16(22)6-7-21-18(24)25-11-12-4-2-1-3-5-12/h1-5,8-10,16-17,22-23H,6-7,11H2,(H,21,24). The summed E-state index contributed by atoms with van der Waals surface area (Å²) in [4.78, 5) is 11.6. The lowest BCUT2D eigenvalue weighted by molar-refractivity contribution is 0.0134. The molecule has 3 N–H and O–H groups in total. The highest BCUT2D eigenvalue weighted by molar-refractivity contribution is 9.10. The molecule has 1 amide bonds. The summed E-state index contributed by atoms with van der Waals surface area (Å²) in [5.74, 6) is -0.516. The van der Waals surface area contributed by atoms with Crippen LogP contribution in [-0.2, 0) is 11.3 Å². The van der Waals surface area contributed by atoms with Gasteiger partial charge in [0.2, 0.25) is 0 Å². The zero-order valence-electron chi connectivity index (χ0n) is 13.4. The SMILES string of the molecule is O=C(NCCC(O)C(O)c1cc(F)cc(Br)c1)OCc1ccccc1. The molecule has 0 radical (unpaired) electrons. The Kier molecular flexibility index (Phi) is 7.36. The molecule has 0 aliphatic heterocycles. The molecule has 0 aromatic heterocycles. The van der Waals surface area contributed by atoms with Gasteiger partial charge in [-0.05, 0) is 35.7 Å². The molecule has 0 spiro atoms. The van der Waals surface area contributed by atoms with Crippen LogP contribution >= 0.6 is 15.9 Å². The molecule has 0 saturated heterocycles. The fourth-order valence-electron chi connectivity index (χ4n) is 2.22. The number of halogens is 2. The van der Waals surface area contributed by atoms with E-state index in [0.29, 0.717) is 4.47 Å². The molecule has 2 rings (SSSR count). The van der Waals surface area contributed by atoms with Crippen LogP contribution in [0.2, 0.25) is 0 Å². The van der Waals surface area contributed by atoms with Crippen molar-refractivity contribution in [3.8, 4) is 0 Å². The molecule has 134 valence electrons. The summed E-state index contributed by atoms with van der Waals surface area (Å²) in [6, 6.07) is 13.2. The summed E-state index contributed by atoms with van der Waals surface area (Å²) < 4.78 is 18.8. The van der Waals surface area contributed by atoms with E-state index >= 15 is 0 Å². The van der Waals surface area contributed by atoms with Gasteiger partial charge in [-0.1, -0.05) is 46.3 Å². The highest BCUT2D eigenvalue weighted by atomic mass is 79.9. The number of nitrogens with one attached hydrogen (secondary N) is 1. The average Bonchev–Trinajstić information content (AvgIpc) is 2.59. The maximum Gasteiger partial charge on any atom is 0.407 e. The molecule has 0 bridgehead atoms. The van der Waals surface area contributed by atoms with E-state index in [1.54, 1.807) is 0 Å². The van der Waals surface area contributed by atoms with E-state index in [-0.39, 0.29) is 25.1 Å². The van der Waals surface area contributed by atoms with Gasteiger partial charge in [-0.3, -0.25) is 0 Å². The van der Waals surface area contributed by atoms with Gasteiger partial charge in [0, 0.05) is 11.0 Å². The Morgan fingerprint density at radius 1 is 1.20 bits per heavy atom. The van der Waals surface area contributed by atoms with Gasteiger partial charge in [0.1, 0.15) is 18.5 Å². The van der Waals surface area contributed by atoms with E-state index < -0.39 is 24.1 Å². The van der Waals surface area contributed by atoms with Gasteiger partial charge >= 0.3 is 6.09 Å². The highest BCUT2D eigenvalue weighted by Gasteiger charge is 2.19. The van der Waals surface area contributed by atoms with Crippen LogP contribution in [0.15, 0.2) is 53.0 Å². The van der Waals surface area contributed by atoms with E-state index in [9.17, 15) is 19.4 Å². The number of amides is 1. The highest BCUT2D eigenvalue weighted by Crippen LogP contribution is 2.23. The largest absolute Gasteiger partial charge is 0.445 e. The summed E-state index contributed by atoms with van der Waals surface area (Å²) in [5, 5.41) is 22.6. The van der Waals surface area contributed by atoms with Gasteiger partial charge in [-0.25, -0.2) is 9.18 Å².